The molecule has 3 aliphatic carbocycles. The first-order valence-corrected chi connectivity index (χ1v) is 11.6. The number of hydrogen-bond acceptors (Lipinski definition) is 3. The minimum atomic E-state index is 0.00277. The molecule has 3 fully saturated rings. The fourth-order valence-electron chi connectivity index (χ4n) is 7.11. The molecule has 1 amide bonds. The molecule has 1 heterocycles. The molecule has 0 aromatic heterocycles. The third-order valence-electron chi connectivity index (χ3n) is 8.28. The number of carbonyl (C=O) groups is 1. The Morgan fingerprint density at radius 3 is 2.70 bits per heavy atom. The van der Waals surface area contributed by atoms with Crippen molar-refractivity contribution in [1.82, 2.24) is 10.2 Å². The second-order valence-corrected chi connectivity index (χ2v) is 9.75. The lowest BCUT2D eigenvalue weighted by molar-refractivity contribution is -0.120. The van der Waals surface area contributed by atoms with Crippen LogP contribution in [0.25, 0.3) is 0 Å². The second-order valence-electron chi connectivity index (χ2n) is 9.75. The highest BCUT2D eigenvalue weighted by molar-refractivity contribution is 5.74. The second kappa shape index (κ2) is 7.65. The number of allylic oxidation sites excluding steroid dienone is 3. The van der Waals surface area contributed by atoms with Crippen molar-refractivity contribution in [3.8, 4) is 0 Å². The van der Waals surface area contributed by atoms with Crippen LogP contribution in [0.4, 0.5) is 0 Å². The van der Waals surface area contributed by atoms with Crippen LogP contribution in [0, 0.1) is 22.7 Å². The van der Waals surface area contributed by atoms with Gasteiger partial charge in [0.2, 0.25) is 5.91 Å². The fraction of sp³-hybridized carbons (Fsp3) is 0.577. The lowest BCUT2D eigenvalue weighted by atomic mass is 9.84. The molecular weight excluding hydrogens is 372 g/mol. The Labute approximate surface area is 180 Å². The first-order chi connectivity index (χ1) is 14.6. The Morgan fingerprint density at radius 1 is 1.20 bits per heavy atom. The first kappa shape index (κ1) is 20.0. The molecule has 6 atom stereocenters. The summed E-state index contributed by atoms with van der Waals surface area (Å²) in [4.78, 5) is 14.8. The summed E-state index contributed by atoms with van der Waals surface area (Å²) in [5.41, 5.74) is 1.27. The molecule has 0 radical (unpaired) electrons. The maximum atomic E-state index is 12.2. The van der Waals surface area contributed by atoms with E-state index in [2.05, 4.69) is 65.7 Å². The molecule has 30 heavy (non-hydrogen) atoms. The molecule has 160 valence electrons. The van der Waals surface area contributed by atoms with Gasteiger partial charge in [0.25, 0.3) is 0 Å². The number of likely N-dealkylation sites (tertiary alicyclic amines) is 1. The number of fused-ring (bicyclic) bond motifs is 1. The molecule has 1 aromatic carbocycles. The van der Waals surface area contributed by atoms with Crippen molar-refractivity contribution in [2.24, 2.45) is 22.7 Å². The summed E-state index contributed by atoms with van der Waals surface area (Å²) in [5, 5.41) is 3.37. The molecule has 1 unspecified atom stereocenters. The average molecular weight is 407 g/mol. The van der Waals surface area contributed by atoms with Crippen LogP contribution < -0.4 is 5.32 Å². The standard InChI is InChI=1S/C26H34N2O2/c1-19-23(27-20(2)29)25(14-17-28-15-8-9-16-28)22-12-6-7-13-26(22,25)24(19)30-18-21-10-4-3-5-11-21/h3-7,10-13,19,22-24H,8-9,14-18H2,1-2H3,(H,27,29)/t19-,22+,23-,24+,25?,26+/m1/s1. The summed E-state index contributed by atoms with van der Waals surface area (Å²) >= 11 is 0. The maximum Gasteiger partial charge on any atom is 0.217 e. The Kier molecular flexibility index (Phi) is 5.11. The SMILES string of the molecule is CC(=O)N[C@@H]1[C@@H](C)[C@H](OCc2ccccc2)[C@]23C=CC=C[C@H]2C13CCN1CCCC1. The van der Waals surface area contributed by atoms with Gasteiger partial charge in [0, 0.05) is 29.7 Å². The number of hydrogen-bond donors (Lipinski definition) is 1. The van der Waals surface area contributed by atoms with Gasteiger partial charge >= 0.3 is 0 Å². The van der Waals surface area contributed by atoms with Crippen molar-refractivity contribution < 1.29 is 9.53 Å². The van der Waals surface area contributed by atoms with E-state index in [9.17, 15) is 4.79 Å². The predicted octanol–water partition coefficient (Wildman–Crippen LogP) is 3.94. The number of benzene rings is 1. The zero-order valence-corrected chi connectivity index (χ0v) is 18.2. The molecule has 0 bridgehead atoms. The van der Waals surface area contributed by atoms with E-state index in [4.69, 9.17) is 4.74 Å². The van der Waals surface area contributed by atoms with E-state index in [1.165, 1.54) is 31.5 Å². The monoisotopic (exact) mass is 406 g/mol. The molecule has 1 saturated heterocycles. The van der Waals surface area contributed by atoms with Gasteiger partial charge in [-0.3, -0.25) is 4.79 Å². The number of nitrogens with zero attached hydrogens (tertiary/aromatic N) is 1. The summed E-state index contributed by atoms with van der Waals surface area (Å²) < 4.78 is 6.67. The summed E-state index contributed by atoms with van der Waals surface area (Å²) in [6, 6.07) is 10.6. The number of nitrogens with one attached hydrogen (secondary N) is 1. The van der Waals surface area contributed by atoms with E-state index in [1.807, 2.05) is 6.07 Å². The number of ether oxygens (including phenoxy) is 1. The van der Waals surface area contributed by atoms with E-state index in [0.717, 1.165) is 13.0 Å². The minimum Gasteiger partial charge on any atom is -0.372 e. The number of rotatable bonds is 7. The summed E-state index contributed by atoms with van der Waals surface area (Å²) in [5.74, 6) is 0.804. The van der Waals surface area contributed by atoms with Crippen LogP contribution in [-0.2, 0) is 16.1 Å². The third kappa shape index (κ3) is 2.91. The Morgan fingerprint density at radius 2 is 1.97 bits per heavy atom. The first-order valence-electron chi connectivity index (χ1n) is 11.6. The number of carbonyl (C=O) groups excluding carboxylic acids is 1. The van der Waals surface area contributed by atoms with E-state index in [0.29, 0.717) is 12.5 Å². The van der Waals surface area contributed by atoms with E-state index in [-0.39, 0.29) is 34.8 Å². The van der Waals surface area contributed by atoms with E-state index in [1.54, 1.807) is 6.92 Å². The van der Waals surface area contributed by atoms with Crippen LogP contribution in [-0.4, -0.2) is 42.6 Å². The molecule has 2 saturated carbocycles. The molecule has 1 aromatic rings. The summed E-state index contributed by atoms with van der Waals surface area (Å²) in [6.07, 6.45) is 13.0. The highest BCUT2D eigenvalue weighted by atomic mass is 16.5. The van der Waals surface area contributed by atoms with Crippen molar-refractivity contribution >= 4 is 5.91 Å². The quantitative estimate of drug-likeness (QED) is 0.746. The molecule has 1 N–H and O–H groups in total. The van der Waals surface area contributed by atoms with Crippen LogP contribution in [0.1, 0.15) is 38.7 Å². The lowest BCUT2D eigenvalue weighted by Gasteiger charge is -2.33. The smallest absolute Gasteiger partial charge is 0.217 e. The van der Waals surface area contributed by atoms with Gasteiger partial charge in [-0.25, -0.2) is 0 Å². The molecule has 1 aliphatic heterocycles. The van der Waals surface area contributed by atoms with Gasteiger partial charge in [-0.15, -0.1) is 0 Å². The topological polar surface area (TPSA) is 41.6 Å². The van der Waals surface area contributed by atoms with Gasteiger partial charge in [-0.05, 0) is 50.4 Å². The molecule has 4 aliphatic rings. The van der Waals surface area contributed by atoms with Crippen LogP contribution in [0.15, 0.2) is 54.6 Å². The summed E-state index contributed by atoms with van der Waals surface area (Å²) in [6.45, 7) is 8.11. The zero-order chi connectivity index (χ0) is 20.8. The van der Waals surface area contributed by atoms with E-state index < -0.39 is 0 Å². The van der Waals surface area contributed by atoms with Crippen molar-refractivity contribution in [1.29, 1.82) is 0 Å². The molecule has 4 nitrogen and oxygen atoms in total. The lowest BCUT2D eigenvalue weighted by Crippen LogP contribution is -2.46. The molecular formula is C26H34N2O2. The van der Waals surface area contributed by atoms with E-state index >= 15 is 0 Å². The van der Waals surface area contributed by atoms with Gasteiger partial charge < -0.3 is 15.0 Å². The van der Waals surface area contributed by atoms with Gasteiger partial charge in [0.15, 0.2) is 0 Å². The fourth-order valence-corrected chi connectivity index (χ4v) is 7.11. The zero-order valence-electron chi connectivity index (χ0n) is 18.2. The Bertz CT molecular complexity index is 844. The predicted molar refractivity (Wildman–Crippen MR) is 119 cm³/mol. The van der Waals surface area contributed by atoms with Crippen LogP contribution in [0.3, 0.4) is 0 Å². The molecule has 4 heteroatoms. The van der Waals surface area contributed by atoms with Crippen LogP contribution in [0.2, 0.25) is 0 Å². The molecule has 5 rings (SSSR count). The van der Waals surface area contributed by atoms with Gasteiger partial charge in [-0.2, -0.15) is 0 Å². The Hall–Kier alpha value is -1.91. The van der Waals surface area contributed by atoms with Crippen molar-refractivity contribution in [3.63, 3.8) is 0 Å². The normalized spacial score (nSPS) is 39.0. The molecule has 1 spiro atoms. The Balaban J connectivity index is 1.44. The highest BCUT2D eigenvalue weighted by Crippen LogP contribution is 2.82. The van der Waals surface area contributed by atoms with Crippen LogP contribution in [0.5, 0.6) is 0 Å². The van der Waals surface area contributed by atoms with Crippen LogP contribution >= 0.6 is 0 Å². The van der Waals surface area contributed by atoms with Crippen molar-refractivity contribution in [3.05, 3.63) is 60.2 Å². The number of amides is 1. The largest absolute Gasteiger partial charge is 0.372 e. The summed E-state index contributed by atoms with van der Waals surface area (Å²) in [7, 11) is 0. The third-order valence-corrected chi connectivity index (χ3v) is 8.28. The van der Waals surface area contributed by atoms with Gasteiger partial charge in [0.05, 0.1) is 12.7 Å². The van der Waals surface area contributed by atoms with Crippen molar-refractivity contribution in [2.45, 2.75) is 51.9 Å². The van der Waals surface area contributed by atoms with Crippen molar-refractivity contribution in [2.75, 3.05) is 19.6 Å². The van der Waals surface area contributed by atoms with Gasteiger partial charge in [-0.1, -0.05) is 61.6 Å². The minimum absolute atomic E-state index is 0.00277. The average Bonchev–Trinajstić information content (AvgIpc) is 3.01. The van der Waals surface area contributed by atoms with Gasteiger partial charge in [0.1, 0.15) is 0 Å². The highest BCUT2D eigenvalue weighted by Gasteiger charge is 2.85. The maximum absolute atomic E-state index is 12.2.